The summed E-state index contributed by atoms with van der Waals surface area (Å²) in [5.74, 6) is -3.89. The van der Waals surface area contributed by atoms with Crippen molar-refractivity contribution < 1.29 is 37.4 Å². The quantitative estimate of drug-likeness (QED) is 0.641. The van der Waals surface area contributed by atoms with Crippen molar-refractivity contribution >= 4 is 17.8 Å². The Bertz CT molecular complexity index is 868. The minimum Gasteiger partial charge on any atom is -0.475 e. The molecule has 1 aliphatic rings. The Morgan fingerprint density at radius 2 is 1.69 bits per heavy atom. The van der Waals surface area contributed by atoms with Crippen LogP contribution in [-0.2, 0) is 10.2 Å². The van der Waals surface area contributed by atoms with Gasteiger partial charge in [0, 0.05) is 18.2 Å². The van der Waals surface area contributed by atoms with Crippen LogP contribution in [0, 0.1) is 5.82 Å². The molecule has 0 amide bonds. The molecule has 0 spiro atoms. The van der Waals surface area contributed by atoms with Crippen LogP contribution in [0.5, 0.6) is 0 Å². The van der Waals surface area contributed by atoms with Gasteiger partial charge in [-0.3, -0.25) is 0 Å². The molecule has 1 saturated carbocycles. The third kappa shape index (κ3) is 5.87. The Kier molecular flexibility index (Phi) is 6.72. The van der Waals surface area contributed by atoms with Gasteiger partial charge in [-0.15, -0.1) is 0 Å². The predicted octanol–water partition coefficient (Wildman–Crippen LogP) is 3.48. The smallest absolute Gasteiger partial charge is 0.475 e. The van der Waals surface area contributed by atoms with E-state index in [0.29, 0.717) is 12.4 Å². The number of carboxylic acids is 2. The number of hydrogen-bond donors (Lipinski definition) is 3. The molecule has 1 aromatic carbocycles. The van der Waals surface area contributed by atoms with E-state index in [0.717, 1.165) is 24.8 Å². The zero-order valence-corrected chi connectivity index (χ0v) is 14.9. The highest BCUT2D eigenvalue weighted by Gasteiger charge is 2.39. The summed E-state index contributed by atoms with van der Waals surface area (Å²) in [6.07, 6.45) is -0.502. The summed E-state index contributed by atoms with van der Waals surface area (Å²) in [5.41, 5.74) is 1.06. The third-order valence-corrected chi connectivity index (χ3v) is 4.46. The minimum absolute atomic E-state index is 0.0396. The van der Waals surface area contributed by atoms with Gasteiger partial charge in [-0.25, -0.2) is 23.9 Å². The molecule has 11 heteroatoms. The molecule has 1 fully saturated rings. The van der Waals surface area contributed by atoms with E-state index in [9.17, 15) is 22.4 Å². The Labute approximate surface area is 162 Å². The second-order valence-corrected chi connectivity index (χ2v) is 6.37. The lowest BCUT2D eigenvalue weighted by Crippen LogP contribution is -2.41. The molecular formula is C18H17F4N3O4. The fraction of sp³-hybridized carbons (Fsp3) is 0.333. The Balaban J connectivity index is 0.000000370. The number of carbonyl (C=O) groups is 2. The van der Waals surface area contributed by atoms with Crippen molar-refractivity contribution in [1.82, 2.24) is 9.97 Å². The van der Waals surface area contributed by atoms with Crippen LogP contribution in [0.25, 0.3) is 0 Å². The molecule has 0 unspecified atom stereocenters. The molecule has 3 N–H and O–H groups in total. The van der Waals surface area contributed by atoms with Crippen LogP contribution in [0.15, 0.2) is 36.5 Å². The van der Waals surface area contributed by atoms with E-state index in [1.165, 1.54) is 18.3 Å². The largest absolute Gasteiger partial charge is 0.490 e. The molecule has 2 aromatic rings. The van der Waals surface area contributed by atoms with Gasteiger partial charge in [-0.1, -0.05) is 18.6 Å². The maximum absolute atomic E-state index is 13.1. The molecule has 7 nitrogen and oxygen atoms in total. The van der Waals surface area contributed by atoms with Gasteiger partial charge in [0.2, 0.25) is 5.82 Å². The number of halogens is 4. The third-order valence-electron chi connectivity index (χ3n) is 4.46. The monoisotopic (exact) mass is 415 g/mol. The van der Waals surface area contributed by atoms with Crippen molar-refractivity contribution in [1.29, 1.82) is 0 Å². The highest BCUT2D eigenvalue weighted by molar-refractivity contribution is 5.83. The van der Waals surface area contributed by atoms with Gasteiger partial charge in [0.1, 0.15) is 11.6 Å². The first-order chi connectivity index (χ1) is 13.5. The number of anilines is 1. The van der Waals surface area contributed by atoms with E-state index >= 15 is 0 Å². The number of hydrogen-bond acceptors (Lipinski definition) is 5. The maximum atomic E-state index is 13.1. The number of nitrogens with zero attached hydrogens (tertiary/aromatic N) is 2. The molecule has 1 heterocycles. The van der Waals surface area contributed by atoms with E-state index in [4.69, 9.17) is 15.0 Å². The number of rotatable bonds is 5. The molecule has 1 aromatic heterocycles. The number of aromatic carboxylic acids is 1. The van der Waals surface area contributed by atoms with E-state index in [1.807, 2.05) is 12.1 Å². The summed E-state index contributed by atoms with van der Waals surface area (Å²) in [6, 6.07) is 8.23. The molecule has 0 aliphatic heterocycles. The Morgan fingerprint density at radius 3 is 2.14 bits per heavy atom. The fourth-order valence-electron chi connectivity index (χ4n) is 2.79. The average molecular weight is 415 g/mol. The molecule has 0 saturated heterocycles. The highest BCUT2D eigenvalue weighted by Crippen LogP contribution is 2.43. The Morgan fingerprint density at radius 1 is 1.10 bits per heavy atom. The van der Waals surface area contributed by atoms with Crippen LogP contribution in [0.3, 0.4) is 0 Å². The van der Waals surface area contributed by atoms with Crippen LogP contribution in [0.1, 0.15) is 35.4 Å². The standard InChI is InChI=1S/C16H16FN3O2.C2HF3O2/c17-12-4-2-11(3-5-12)16(7-1-8-16)10-19-13-6-9-18-14(20-13)15(21)22;3-2(4,5)1(6)7/h2-6,9H,1,7-8,10H2,(H,21,22)(H,18,19,20);(H,6,7). The summed E-state index contributed by atoms with van der Waals surface area (Å²) in [6.45, 7) is 0.634. The number of alkyl halides is 3. The first-order valence-corrected chi connectivity index (χ1v) is 8.40. The molecule has 0 bridgehead atoms. The number of carboxylic acid groups (broad SMARTS) is 2. The van der Waals surface area contributed by atoms with Crippen LogP contribution in [0.2, 0.25) is 0 Å². The predicted molar refractivity (Wildman–Crippen MR) is 93.1 cm³/mol. The lowest BCUT2D eigenvalue weighted by molar-refractivity contribution is -0.192. The zero-order valence-electron chi connectivity index (χ0n) is 14.9. The van der Waals surface area contributed by atoms with Gasteiger partial charge in [0.25, 0.3) is 0 Å². The summed E-state index contributed by atoms with van der Waals surface area (Å²) in [7, 11) is 0. The highest BCUT2D eigenvalue weighted by atomic mass is 19.4. The number of benzene rings is 1. The average Bonchev–Trinajstić information content (AvgIpc) is 2.62. The van der Waals surface area contributed by atoms with E-state index in [1.54, 1.807) is 6.07 Å². The van der Waals surface area contributed by atoms with Crippen LogP contribution < -0.4 is 5.32 Å². The van der Waals surface area contributed by atoms with Crippen LogP contribution >= 0.6 is 0 Å². The molecule has 156 valence electrons. The Hall–Kier alpha value is -3.24. The van der Waals surface area contributed by atoms with Gasteiger partial charge in [0.15, 0.2) is 0 Å². The molecule has 0 radical (unpaired) electrons. The first kappa shape index (κ1) is 22.1. The molecule has 3 rings (SSSR count). The fourth-order valence-corrected chi connectivity index (χ4v) is 2.79. The van der Waals surface area contributed by atoms with Gasteiger partial charge in [-0.05, 0) is 36.6 Å². The van der Waals surface area contributed by atoms with Crippen LogP contribution in [0.4, 0.5) is 23.4 Å². The second-order valence-electron chi connectivity index (χ2n) is 6.37. The van der Waals surface area contributed by atoms with Crippen molar-refractivity contribution in [2.24, 2.45) is 0 Å². The number of aliphatic carboxylic acids is 1. The van der Waals surface area contributed by atoms with Crippen LogP contribution in [-0.4, -0.2) is 44.8 Å². The molecule has 1 aliphatic carbocycles. The lowest BCUT2D eigenvalue weighted by Gasteiger charge is -2.42. The van der Waals surface area contributed by atoms with Gasteiger partial charge < -0.3 is 15.5 Å². The maximum Gasteiger partial charge on any atom is 0.490 e. The summed E-state index contributed by atoms with van der Waals surface area (Å²) >= 11 is 0. The zero-order chi connectivity index (χ0) is 21.7. The van der Waals surface area contributed by atoms with Crippen molar-refractivity contribution in [3.8, 4) is 0 Å². The summed E-state index contributed by atoms with van der Waals surface area (Å²) in [4.78, 5) is 27.4. The summed E-state index contributed by atoms with van der Waals surface area (Å²) < 4.78 is 44.8. The van der Waals surface area contributed by atoms with Gasteiger partial charge in [-0.2, -0.15) is 13.2 Å². The van der Waals surface area contributed by atoms with E-state index in [-0.39, 0.29) is 17.1 Å². The van der Waals surface area contributed by atoms with Crippen molar-refractivity contribution in [3.63, 3.8) is 0 Å². The van der Waals surface area contributed by atoms with E-state index in [2.05, 4.69) is 15.3 Å². The normalized spacial score (nSPS) is 14.8. The number of nitrogens with one attached hydrogen (secondary N) is 1. The second kappa shape index (κ2) is 8.84. The van der Waals surface area contributed by atoms with Crippen molar-refractivity contribution in [2.45, 2.75) is 30.9 Å². The topological polar surface area (TPSA) is 112 Å². The lowest BCUT2D eigenvalue weighted by atomic mass is 9.64. The van der Waals surface area contributed by atoms with E-state index < -0.39 is 18.1 Å². The minimum atomic E-state index is -5.08. The molecular weight excluding hydrogens is 398 g/mol. The summed E-state index contributed by atoms with van der Waals surface area (Å²) in [5, 5.41) is 19.2. The molecule has 0 atom stereocenters. The SMILES string of the molecule is O=C(O)C(F)(F)F.O=C(O)c1nccc(NCC2(c3ccc(F)cc3)CCC2)n1. The van der Waals surface area contributed by atoms with Gasteiger partial charge in [0.05, 0.1) is 0 Å². The van der Waals surface area contributed by atoms with Crippen molar-refractivity contribution in [2.75, 3.05) is 11.9 Å². The van der Waals surface area contributed by atoms with Crippen molar-refractivity contribution in [3.05, 3.63) is 53.7 Å². The first-order valence-electron chi connectivity index (χ1n) is 8.40. The molecule has 29 heavy (non-hydrogen) atoms. The van der Waals surface area contributed by atoms with Gasteiger partial charge >= 0.3 is 18.1 Å². The number of aromatic nitrogens is 2.